The molecule has 0 saturated heterocycles. The van der Waals surface area contributed by atoms with Crippen LogP contribution in [0.25, 0.3) is 11.0 Å². The van der Waals surface area contributed by atoms with Crippen molar-refractivity contribution in [1.29, 1.82) is 0 Å². The lowest BCUT2D eigenvalue weighted by atomic mass is 10.3. The van der Waals surface area contributed by atoms with Crippen LogP contribution in [0.3, 0.4) is 0 Å². The zero-order valence-corrected chi connectivity index (χ0v) is 11.9. The third-order valence-corrected chi connectivity index (χ3v) is 3.72. The van der Waals surface area contributed by atoms with Crippen molar-refractivity contribution in [3.8, 4) is 0 Å². The lowest BCUT2D eigenvalue weighted by Crippen LogP contribution is -2.25. The first kappa shape index (κ1) is 12.7. The zero-order valence-electron chi connectivity index (χ0n) is 11.9. The minimum absolute atomic E-state index is 0.00523. The van der Waals surface area contributed by atoms with Crippen LogP contribution < -0.4 is 5.69 Å². The molecule has 3 aromatic rings. The van der Waals surface area contributed by atoms with Crippen LogP contribution in [0.1, 0.15) is 18.6 Å². The highest BCUT2D eigenvalue weighted by atomic mass is 16.1. The Morgan fingerprint density at radius 1 is 1.10 bits per heavy atom. The van der Waals surface area contributed by atoms with Crippen molar-refractivity contribution in [3.05, 3.63) is 46.4 Å². The fourth-order valence-electron chi connectivity index (χ4n) is 2.46. The fraction of sp³-hybridized carbons (Fsp3) is 0.357. The van der Waals surface area contributed by atoms with Gasteiger partial charge in [0.15, 0.2) is 5.82 Å². The molecule has 3 rings (SSSR count). The summed E-state index contributed by atoms with van der Waals surface area (Å²) in [5, 5.41) is 8.18. The van der Waals surface area contributed by atoms with E-state index in [-0.39, 0.29) is 5.69 Å². The number of para-hydroxylation sites is 2. The molecular formula is C14H17N5O. The first-order valence-electron chi connectivity index (χ1n) is 6.66. The molecule has 20 heavy (non-hydrogen) atoms. The number of hydrogen-bond acceptors (Lipinski definition) is 3. The third-order valence-electron chi connectivity index (χ3n) is 3.72. The maximum atomic E-state index is 12.5. The maximum absolute atomic E-state index is 12.5. The van der Waals surface area contributed by atoms with Crippen molar-refractivity contribution in [1.82, 2.24) is 23.9 Å². The van der Waals surface area contributed by atoms with Gasteiger partial charge in [0.2, 0.25) is 0 Å². The molecule has 0 unspecified atom stereocenters. The molecule has 6 heteroatoms. The molecule has 0 aliphatic rings. The number of imidazole rings is 1. The average Bonchev–Trinajstić information content (AvgIpc) is 2.91. The van der Waals surface area contributed by atoms with Crippen molar-refractivity contribution >= 4 is 11.0 Å². The normalized spacial score (nSPS) is 11.3. The molecule has 0 amide bonds. The molecule has 0 spiro atoms. The smallest absolute Gasteiger partial charge is 0.317 e. The molecule has 0 atom stereocenters. The summed E-state index contributed by atoms with van der Waals surface area (Å²) < 4.78 is 5.44. The first-order valence-corrected chi connectivity index (χ1v) is 6.66. The fourth-order valence-corrected chi connectivity index (χ4v) is 2.46. The van der Waals surface area contributed by atoms with Gasteiger partial charge >= 0.3 is 5.69 Å². The van der Waals surface area contributed by atoms with E-state index in [1.165, 1.54) is 0 Å². The Bertz CT molecular complexity index is 824. The second-order valence-electron chi connectivity index (χ2n) is 4.82. The number of aromatic nitrogens is 5. The molecule has 6 nitrogen and oxygen atoms in total. The molecule has 0 fully saturated rings. The van der Waals surface area contributed by atoms with Gasteiger partial charge in [-0.3, -0.25) is 9.13 Å². The predicted molar refractivity (Wildman–Crippen MR) is 76.7 cm³/mol. The summed E-state index contributed by atoms with van der Waals surface area (Å²) in [4.78, 5) is 12.5. The zero-order chi connectivity index (χ0) is 14.3. The van der Waals surface area contributed by atoms with Crippen molar-refractivity contribution in [2.75, 3.05) is 0 Å². The average molecular weight is 271 g/mol. The van der Waals surface area contributed by atoms with Crippen molar-refractivity contribution in [2.24, 2.45) is 7.05 Å². The molecule has 2 aromatic heterocycles. The number of rotatable bonds is 3. The summed E-state index contributed by atoms with van der Waals surface area (Å²) in [5.74, 6) is 1.62. The molecule has 0 aliphatic carbocycles. The van der Waals surface area contributed by atoms with Crippen LogP contribution in [0.15, 0.2) is 29.1 Å². The Morgan fingerprint density at radius 3 is 2.30 bits per heavy atom. The van der Waals surface area contributed by atoms with E-state index in [0.29, 0.717) is 13.1 Å². The van der Waals surface area contributed by atoms with E-state index >= 15 is 0 Å². The quantitative estimate of drug-likeness (QED) is 0.721. The number of fused-ring (bicyclic) bond motifs is 1. The van der Waals surface area contributed by atoms with Crippen LogP contribution in [-0.2, 0) is 20.1 Å². The summed E-state index contributed by atoms with van der Waals surface area (Å²) in [6, 6.07) is 7.83. The third kappa shape index (κ3) is 1.76. The maximum Gasteiger partial charge on any atom is 0.329 e. The highest BCUT2D eigenvalue weighted by Crippen LogP contribution is 2.13. The Kier molecular flexibility index (Phi) is 2.93. The molecule has 0 radical (unpaired) electrons. The van der Waals surface area contributed by atoms with Gasteiger partial charge in [-0.15, -0.1) is 10.2 Å². The van der Waals surface area contributed by atoms with E-state index in [0.717, 1.165) is 22.7 Å². The Labute approximate surface area is 116 Å². The van der Waals surface area contributed by atoms with Gasteiger partial charge in [-0.25, -0.2) is 4.79 Å². The molecule has 1 aromatic carbocycles. The molecule has 0 saturated carbocycles. The van der Waals surface area contributed by atoms with Crippen molar-refractivity contribution in [3.63, 3.8) is 0 Å². The van der Waals surface area contributed by atoms with Gasteiger partial charge < -0.3 is 4.57 Å². The summed E-state index contributed by atoms with van der Waals surface area (Å²) in [6.07, 6.45) is 0. The lowest BCUT2D eigenvalue weighted by Gasteiger charge is -2.03. The largest absolute Gasteiger partial charge is 0.329 e. The second kappa shape index (κ2) is 4.63. The number of nitrogens with zero attached hydrogens (tertiary/aromatic N) is 5. The van der Waals surface area contributed by atoms with Crippen molar-refractivity contribution in [2.45, 2.75) is 26.9 Å². The van der Waals surface area contributed by atoms with Gasteiger partial charge in [-0.1, -0.05) is 12.1 Å². The Balaban J connectivity index is 2.19. The van der Waals surface area contributed by atoms with Crippen LogP contribution in [0.4, 0.5) is 0 Å². The standard InChI is InChI=1S/C14H17N5O/c1-4-18-11-7-5-6-8-12(11)19(14(18)20)9-13-16-15-10(2)17(13)3/h5-8H,4,9H2,1-3H3. The molecule has 0 N–H and O–H groups in total. The first-order chi connectivity index (χ1) is 9.63. The Morgan fingerprint density at radius 2 is 1.75 bits per heavy atom. The number of hydrogen-bond donors (Lipinski definition) is 0. The Hall–Kier alpha value is -2.37. The predicted octanol–water partition coefficient (Wildman–Crippen LogP) is 1.31. The SMILES string of the molecule is CCn1c(=O)n(Cc2nnc(C)n2C)c2ccccc21. The number of benzene rings is 1. The summed E-state index contributed by atoms with van der Waals surface area (Å²) >= 11 is 0. The van der Waals surface area contributed by atoms with Crippen LogP contribution in [0.2, 0.25) is 0 Å². The summed E-state index contributed by atoms with van der Waals surface area (Å²) in [5.41, 5.74) is 1.88. The molecule has 0 bridgehead atoms. The monoisotopic (exact) mass is 271 g/mol. The van der Waals surface area contributed by atoms with E-state index in [9.17, 15) is 4.79 Å². The minimum atomic E-state index is -0.00523. The minimum Gasteiger partial charge on any atom is -0.317 e. The molecular weight excluding hydrogens is 254 g/mol. The van der Waals surface area contributed by atoms with Crippen LogP contribution in [-0.4, -0.2) is 23.9 Å². The second-order valence-corrected chi connectivity index (χ2v) is 4.82. The van der Waals surface area contributed by atoms with Crippen molar-refractivity contribution < 1.29 is 0 Å². The van der Waals surface area contributed by atoms with Gasteiger partial charge in [-0.2, -0.15) is 0 Å². The highest BCUT2D eigenvalue weighted by Gasteiger charge is 2.14. The number of aryl methyl sites for hydroxylation is 2. The van der Waals surface area contributed by atoms with Gasteiger partial charge in [0.05, 0.1) is 17.6 Å². The summed E-state index contributed by atoms with van der Waals surface area (Å²) in [6.45, 7) is 4.97. The van der Waals surface area contributed by atoms with Gasteiger partial charge in [0.25, 0.3) is 0 Å². The van der Waals surface area contributed by atoms with E-state index in [1.54, 1.807) is 9.13 Å². The van der Waals surface area contributed by atoms with Gasteiger partial charge in [-0.05, 0) is 26.0 Å². The molecule has 2 heterocycles. The van der Waals surface area contributed by atoms with Crippen LogP contribution >= 0.6 is 0 Å². The van der Waals surface area contributed by atoms with Gasteiger partial charge in [0, 0.05) is 13.6 Å². The highest BCUT2D eigenvalue weighted by molar-refractivity contribution is 5.76. The van der Waals surface area contributed by atoms with Crippen LogP contribution in [0, 0.1) is 6.92 Å². The van der Waals surface area contributed by atoms with E-state index in [2.05, 4.69) is 10.2 Å². The molecule has 104 valence electrons. The van der Waals surface area contributed by atoms with Gasteiger partial charge in [0.1, 0.15) is 5.82 Å². The lowest BCUT2D eigenvalue weighted by molar-refractivity contribution is 0.647. The molecule has 0 aliphatic heterocycles. The van der Waals surface area contributed by atoms with E-state index in [1.807, 2.05) is 49.7 Å². The summed E-state index contributed by atoms with van der Waals surface area (Å²) in [7, 11) is 1.91. The van der Waals surface area contributed by atoms with E-state index < -0.39 is 0 Å². The van der Waals surface area contributed by atoms with E-state index in [4.69, 9.17) is 0 Å². The topological polar surface area (TPSA) is 57.6 Å². The van der Waals surface area contributed by atoms with Crippen LogP contribution in [0.5, 0.6) is 0 Å².